The van der Waals surface area contributed by atoms with Gasteiger partial charge in [-0.05, 0) is 38.0 Å². The van der Waals surface area contributed by atoms with Gasteiger partial charge in [-0.3, -0.25) is 4.79 Å². The second-order valence-corrected chi connectivity index (χ2v) is 5.99. The third kappa shape index (κ3) is 3.89. The molecule has 4 nitrogen and oxygen atoms in total. The first-order valence-corrected chi connectivity index (χ1v) is 7.68. The first kappa shape index (κ1) is 16.6. The van der Waals surface area contributed by atoms with Gasteiger partial charge in [0, 0.05) is 0 Å². The predicted molar refractivity (Wildman–Crippen MR) is 81.1 cm³/mol. The van der Waals surface area contributed by atoms with Gasteiger partial charge in [-0.2, -0.15) is 5.26 Å². The Morgan fingerprint density at radius 1 is 1.45 bits per heavy atom. The number of ether oxygens (including phenoxy) is 1. The van der Waals surface area contributed by atoms with Gasteiger partial charge in [-0.25, -0.2) is 4.39 Å². The van der Waals surface area contributed by atoms with E-state index < -0.39 is 17.5 Å². The fourth-order valence-corrected chi connectivity index (χ4v) is 2.78. The molecule has 118 valence electrons. The minimum Gasteiger partial charge on any atom is -0.479 e. The van der Waals surface area contributed by atoms with Crippen molar-refractivity contribution in [1.29, 1.82) is 5.26 Å². The highest BCUT2D eigenvalue weighted by molar-refractivity contribution is 6.32. The minimum atomic E-state index is -0.824. The van der Waals surface area contributed by atoms with Crippen LogP contribution in [0.4, 0.5) is 4.39 Å². The highest BCUT2D eigenvalue weighted by Gasteiger charge is 2.35. The van der Waals surface area contributed by atoms with Crippen LogP contribution in [0.15, 0.2) is 18.2 Å². The first-order chi connectivity index (χ1) is 10.5. The number of nitriles is 1. The first-order valence-electron chi connectivity index (χ1n) is 7.31. The zero-order chi connectivity index (χ0) is 16.2. The van der Waals surface area contributed by atoms with Crippen LogP contribution < -0.4 is 10.1 Å². The summed E-state index contributed by atoms with van der Waals surface area (Å²) >= 11 is 5.88. The van der Waals surface area contributed by atoms with Gasteiger partial charge in [-0.1, -0.05) is 30.9 Å². The summed E-state index contributed by atoms with van der Waals surface area (Å²) < 4.78 is 18.5. The van der Waals surface area contributed by atoms with E-state index in [-0.39, 0.29) is 16.7 Å². The lowest BCUT2D eigenvalue weighted by molar-refractivity contribution is -0.129. The predicted octanol–water partition coefficient (Wildman–Crippen LogP) is 3.59. The number of rotatable bonds is 4. The van der Waals surface area contributed by atoms with Crippen LogP contribution in [0.1, 0.15) is 39.0 Å². The number of carbonyl (C=O) groups excluding carboxylic acids is 1. The summed E-state index contributed by atoms with van der Waals surface area (Å²) in [6, 6.07) is 5.94. The molecule has 0 aliphatic heterocycles. The zero-order valence-corrected chi connectivity index (χ0v) is 13.1. The van der Waals surface area contributed by atoms with Crippen molar-refractivity contribution in [2.24, 2.45) is 0 Å². The maximum atomic E-state index is 13.0. The second-order valence-electron chi connectivity index (χ2n) is 5.58. The largest absolute Gasteiger partial charge is 0.479 e. The number of hydrogen-bond acceptors (Lipinski definition) is 3. The minimum absolute atomic E-state index is 0.104. The molecule has 1 N–H and O–H groups in total. The average molecular weight is 325 g/mol. The topological polar surface area (TPSA) is 62.1 Å². The Bertz CT molecular complexity index is 594. The number of nitrogens with zero attached hydrogens (tertiary/aromatic N) is 1. The van der Waals surface area contributed by atoms with Crippen LogP contribution in [0, 0.1) is 17.1 Å². The van der Waals surface area contributed by atoms with Crippen LogP contribution in [0.5, 0.6) is 5.75 Å². The van der Waals surface area contributed by atoms with Crippen LogP contribution in [0.3, 0.4) is 0 Å². The normalized spacial score (nSPS) is 18.1. The summed E-state index contributed by atoms with van der Waals surface area (Å²) in [5, 5.41) is 12.3. The second kappa shape index (κ2) is 6.97. The summed E-state index contributed by atoms with van der Waals surface area (Å²) in [5.74, 6) is -0.607. The highest BCUT2D eigenvalue weighted by atomic mass is 35.5. The van der Waals surface area contributed by atoms with Gasteiger partial charge in [0.25, 0.3) is 5.91 Å². The lowest BCUT2D eigenvalue weighted by Gasteiger charge is -2.32. The molecule has 0 radical (unpaired) electrons. The van der Waals surface area contributed by atoms with Gasteiger partial charge in [0.2, 0.25) is 0 Å². The third-order valence-corrected chi connectivity index (χ3v) is 4.15. The number of nitrogens with one attached hydrogen (secondary N) is 1. The van der Waals surface area contributed by atoms with E-state index in [1.54, 1.807) is 6.92 Å². The third-order valence-electron chi connectivity index (χ3n) is 3.85. The molecule has 1 saturated carbocycles. The molecule has 1 amide bonds. The summed E-state index contributed by atoms with van der Waals surface area (Å²) in [7, 11) is 0. The summed E-state index contributed by atoms with van der Waals surface area (Å²) in [6.45, 7) is 1.57. The molecule has 1 aromatic carbocycles. The molecule has 1 fully saturated rings. The Hall–Kier alpha value is -1.80. The molecule has 0 aromatic heterocycles. The van der Waals surface area contributed by atoms with E-state index in [4.69, 9.17) is 16.3 Å². The van der Waals surface area contributed by atoms with Gasteiger partial charge >= 0.3 is 0 Å². The van der Waals surface area contributed by atoms with E-state index in [0.29, 0.717) is 12.8 Å². The van der Waals surface area contributed by atoms with Gasteiger partial charge in [0.05, 0.1) is 11.1 Å². The number of amides is 1. The van der Waals surface area contributed by atoms with Crippen molar-refractivity contribution in [2.45, 2.75) is 50.7 Å². The molecule has 1 aliphatic carbocycles. The fraction of sp³-hybridized carbons (Fsp3) is 0.500. The number of hydrogen-bond donors (Lipinski definition) is 1. The molecule has 0 spiro atoms. The fourth-order valence-electron chi connectivity index (χ4n) is 2.57. The van der Waals surface area contributed by atoms with E-state index in [1.807, 2.05) is 0 Å². The average Bonchev–Trinajstić information content (AvgIpc) is 2.51. The smallest absolute Gasteiger partial charge is 0.262 e. The van der Waals surface area contributed by atoms with E-state index in [0.717, 1.165) is 25.3 Å². The van der Waals surface area contributed by atoms with Crippen LogP contribution in [0.2, 0.25) is 5.02 Å². The van der Waals surface area contributed by atoms with Crippen molar-refractivity contribution in [3.8, 4) is 11.8 Å². The van der Waals surface area contributed by atoms with Crippen LogP contribution >= 0.6 is 11.6 Å². The van der Waals surface area contributed by atoms with Crippen molar-refractivity contribution in [1.82, 2.24) is 5.32 Å². The van der Waals surface area contributed by atoms with Crippen LogP contribution in [0.25, 0.3) is 0 Å². The lowest BCUT2D eigenvalue weighted by atomic mass is 9.83. The lowest BCUT2D eigenvalue weighted by Crippen LogP contribution is -2.52. The van der Waals surface area contributed by atoms with Crippen molar-refractivity contribution < 1.29 is 13.9 Å². The number of benzene rings is 1. The summed E-state index contributed by atoms with van der Waals surface area (Å²) in [5.41, 5.74) is -0.806. The van der Waals surface area contributed by atoms with E-state index in [9.17, 15) is 14.4 Å². The molecule has 1 aromatic rings. The van der Waals surface area contributed by atoms with E-state index in [2.05, 4.69) is 11.4 Å². The van der Waals surface area contributed by atoms with Crippen molar-refractivity contribution in [2.75, 3.05) is 0 Å². The molecule has 6 heteroatoms. The Balaban J connectivity index is 2.01. The van der Waals surface area contributed by atoms with Gasteiger partial charge in [0.1, 0.15) is 17.1 Å². The van der Waals surface area contributed by atoms with Crippen LogP contribution in [-0.2, 0) is 4.79 Å². The Labute approximate surface area is 134 Å². The SMILES string of the molecule is CC(Oc1ccc(F)cc1Cl)C(=O)NC1(C#N)CCCCC1. The van der Waals surface area contributed by atoms with Gasteiger partial charge in [0.15, 0.2) is 6.10 Å². The highest BCUT2D eigenvalue weighted by Crippen LogP contribution is 2.29. The van der Waals surface area contributed by atoms with Crippen molar-refractivity contribution in [3.05, 3.63) is 29.0 Å². The Morgan fingerprint density at radius 2 is 2.14 bits per heavy atom. The van der Waals surface area contributed by atoms with E-state index >= 15 is 0 Å². The molecule has 22 heavy (non-hydrogen) atoms. The number of halogens is 2. The Morgan fingerprint density at radius 3 is 2.73 bits per heavy atom. The van der Waals surface area contributed by atoms with Crippen molar-refractivity contribution >= 4 is 17.5 Å². The molecule has 0 heterocycles. The standard InChI is InChI=1S/C16H18ClFN2O2/c1-11(22-14-6-5-12(18)9-13(14)17)15(21)20-16(10-19)7-3-2-4-8-16/h5-6,9,11H,2-4,7-8H2,1H3,(H,20,21). The molecule has 1 atom stereocenters. The molecular weight excluding hydrogens is 307 g/mol. The van der Waals surface area contributed by atoms with Gasteiger partial charge in [-0.15, -0.1) is 0 Å². The zero-order valence-electron chi connectivity index (χ0n) is 12.4. The molecule has 1 unspecified atom stereocenters. The maximum Gasteiger partial charge on any atom is 0.262 e. The maximum absolute atomic E-state index is 13.0. The molecule has 0 saturated heterocycles. The molecule has 0 bridgehead atoms. The molecule has 2 rings (SSSR count). The summed E-state index contributed by atoms with van der Waals surface area (Å²) in [6.07, 6.45) is 3.41. The summed E-state index contributed by atoms with van der Waals surface area (Å²) in [4.78, 5) is 12.3. The monoisotopic (exact) mass is 324 g/mol. The quantitative estimate of drug-likeness (QED) is 0.920. The van der Waals surface area contributed by atoms with E-state index in [1.165, 1.54) is 12.1 Å². The number of carbonyl (C=O) groups is 1. The molecule has 1 aliphatic rings. The Kier molecular flexibility index (Phi) is 5.25. The van der Waals surface area contributed by atoms with Crippen molar-refractivity contribution in [3.63, 3.8) is 0 Å². The van der Waals surface area contributed by atoms with Gasteiger partial charge < -0.3 is 10.1 Å². The molecular formula is C16H18ClFN2O2. The van der Waals surface area contributed by atoms with Crippen LogP contribution in [-0.4, -0.2) is 17.6 Å².